The number of aliphatic hydroxyl groups is 2. The molecule has 0 radical (unpaired) electrons. The fourth-order valence-electron chi connectivity index (χ4n) is 0.270. The Hall–Kier alpha value is 1.76. The maximum atomic E-state index is 9.77. The van der Waals surface area contributed by atoms with Gasteiger partial charge < -0.3 is 24.7 Å². The second-order valence-electron chi connectivity index (χ2n) is 1.57. The number of aliphatic carboxylic acids is 2. The standard InChI is InChI=1S/C4H6O6.Ca.K.3H/c5-1(3(7)8)2(6)4(9)10;;;;;/h1-2,5-6H,(H,7,8)(H,9,10);;;;;/q;+2;+1;3*-1. The van der Waals surface area contributed by atoms with Crippen LogP contribution in [-0.2, 0) is 9.59 Å². The van der Waals surface area contributed by atoms with Crippen LogP contribution in [0.1, 0.15) is 4.28 Å². The molecule has 4 N–H and O–H groups in total. The van der Waals surface area contributed by atoms with Gasteiger partial charge in [-0.2, -0.15) is 0 Å². The van der Waals surface area contributed by atoms with E-state index >= 15 is 0 Å². The van der Waals surface area contributed by atoms with Gasteiger partial charge in [0.15, 0.2) is 12.2 Å². The van der Waals surface area contributed by atoms with Gasteiger partial charge in [-0.1, -0.05) is 0 Å². The first-order chi connectivity index (χ1) is 4.46. The Balaban J connectivity index is -0.0000000405. The first-order valence-electron chi connectivity index (χ1n) is 2.28. The second kappa shape index (κ2) is 9.32. The van der Waals surface area contributed by atoms with Gasteiger partial charge in [-0.05, 0) is 0 Å². The van der Waals surface area contributed by atoms with Crippen molar-refractivity contribution in [1.29, 1.82) is 0 Å². The zero-order valence-electron chi connectivity index (χ0n) is 9.47. The molecule has 0 fully saturated rings. The maximum absolute atomic E-state index is 9.77. The minimum absolute atomic E-state index is 0. The van der Waals surface area contributed by atoms with Crippen LogP contribution < -0.4 is 51.4 Å². The predicted molar refractivity (Wildman–Crippen MR) is 36.4 cm³/mol. The number of hydrogen-bond acceptors (Lipinski definition) is 4. The van der Waals surface area contributed by atoms with Gasteiger partial charge in [0.2, 0.25) is 0 Å². The van der Waals surface area contributed by atoms with Gasteiger partial charge >= 0.3 is 101 Å². The summed E-state index contributed by atoms with van der Waals surface area (Å²) in [6, 6.07) is 0. The summed E-state index contributed by atoms with van der Waals surface area (Å²) in [7, 11) is 0. The number of hydrogen-bond donors (Lipinski definition) is 4. The molecule has 0 aliphatic heterocycles. The number of carboxylic acid groups (broad SMARTS) is 2. The molecule has 0 saturated heterocycles. The van der Waals surface area contributed by atoms with Crippen LogP contribution in [0.5, 0.6) is 0 Å². The van der Waals surface area contributed by atoms with Gasteiger partial charge in [-0.3, -0.25) is 0 Å². The molecule has 0 amide bonds. The maximum Gasteiger partial charge on any atom is 2.00 e. The van der Waals surface area contributed by atoms with E-state index in [4.69, 9.17) is 20.4 Å². The van der Waals surface area contributed by atoms with E-state index in [0.717, 1.165) is 0 Å². The largest absolute Gasteiger partial charge is 2.00 e. The van der Waals surface area contributed by atoms with Crippen LogP contribution in [0.25, 0.3) is 0 Å². The van der Waals surface area contributed by atoms with Crippen molar-refractivity contribution in [3.05, 3.63) is 0 Å². The summed E-state index contributed by atoms with van der Waals surface area (Å²) in [4.78, 5) is 19.5. The monoisotopic (exact) mass is 232 g/mol. The third-order valence-electron chi connectivity index (χ3n) is 0.805. The summed E-state index contributed by atoms with van der Waals surface area (Å²) in [6.07, 6.45) is -4.53. The fraction of sp³-hybridized carbons (Fsp3) is 0.500. The Morgan fingerprint density at radius 1 is 1.00 bits per heavy atom. The molecule has 0 aliphatic rings. The normalized spacial score (nSPS) is 13.2. The molecule has 2 unspecified atom stereocenters. The Bertz CT molecular complexity index is 154. The molecular weight excluding hydrogens is 223 g/mol. The third kappa shape index (κ3) is 7.19. The van der Waals surface area contributed by atoms with Crippen LogP contribution in [0.4, 0.5) is 0 Å². The van der Waals surface area contributed by atoms with E-state index in [9.17, 15) is 9.59 Å². The van der Waals surface area contributed by atoms with Crippen LogP contribution in [0.15, 0.2) is 0 Å². The predicted octanol–water partition coefficient (Wildman–Crippen LogP) is -5.16. The summed E-state index contributed by atoms with van der Waals surface area (Å²) in [5.41, 5.74) is 0. The van der Waals surface area contributed by atoms with E-state index in [1.54, 1.807) is 0 Å². The van der Waals surface area contributed by atoms with Gasteiger partial charge in [-0.15, -0.1) is 0 Å². The van der Waals surface area contributed by atoms with Gasteiger partial charge in [0.25, 0.3) is 0 Å². The van der Waals surface area contributed by atoms with Crippen molar-refractivity contribution < 1.29 is 85.7 Å². The average molecular weight is 232 g/mol. The van der Waals surface area contributed by atoms with Crippen LogP contribution in [0, 0.1) is 0 Å². The number of rotatable bonds is 3. The Kier molecular flexibility index (Phi) is 15.0. The summed E-state index contributed by atoms with van der Waals surface area (Å²) in [6.45, 7) is 0. The van der Waals surface area contributed by atoms with Crippen molar-refractivity contribution in [2.24, 2.45) is 0 Å². The smallest absolute Gasteiger partial charge is 1.00 e. The Labute approximate surface area is 145 Å². The van der Waals surface area contributed by atoms with Crippen LogP contribution in [0.3, 0.4) is 0 Å². The molecule has 0 aromatic heterocycles. The molecule has 12 heavy (non-hydrogen) atoms. The quantitative estimate of drug-likeness (QED) is 0.362. The van der Waals surface area contributed by atoms with Crippen molar-refractivity contribution >= 4 is 49.7 Å². The fourth-order valence-corrected chi connectivity index (χ4v) is 0.270. The zero-order valence-corrected chi connectivity index (χ0v) is 11.8. The van der Waals surface area contributed by atoms with Crippen molar-refractivity contribution in [3.8, 4) is 0 Å². The first kappa shape index (κ1) is 19.3. The first-order valence-corrected chi connectivity index (χ1v) is 2.28. The van der Waals surface area contributed by atoms with E-state index in [0.29, 0.717) is 0 Å². The molecule has 0 saturated carbocycles. The molecule has 64 valence electrons. The van der Waals surface area contributed by atoms with Crippen LogP contribution in [-0.4, -0.2) is 82.3 Å². The SMILES string of the molecule is O=C(O)C(O)C(O)C(=O)O.[Ca+2].[H-].[H-].[H-].[K+]. The van der Waals surface area contributed by atoms with E-state index in [1.807, 2.05) is 0 Å². The summed E-state index contributed by atoms with van der Waals surface area (Å²) in [5, 5.41) is 32.5. The molecular formula is C4H9CaKO6. The van der Waals surface area contributed by atoms with E-state index < -0.39 is 24.1 Å². The van der Waals surface area contributed by atoms with Crippen molar-refractivity contribution in [2.75, 3.05) is 0 Å². The number of aliphatic hydroxyl groups excluding tert-OH is 2. The van der Waals surface area contributed by atoms with Crippen LogP contribution in [0.2, 0.25) is 0 Å². The average Bonchev–Trinajstić information content (AvgIpc) is 1.84. The van der Waals surface area contributed by atoms with Gasteiger partial charge in [-0.25, -0.2) is 9.59 Å². The summed E-state index contributed by atoms with van der Waals surface area (Å²) < 4.78 is 0. The molecule has 8 heteroatoms. The van der Waals surface area contributed by atoms with Gasteiger partial charge in [0.1, 0.15) is 0 Å². The van der Waals surface area contributed by atoms with E-state index in [2.05, 4.69) is 0 Å². The minimum Gasteiger partial charge on any atom is -1.00 e. The van der Waals surface area contributed by atoms with E-state index in [1.165, 1.54) is 0 Å². The summed E-state index contributed by atoms with van der Waals surface area (Å²) >= 11 is 0. The Morgan fingerprint density at radius 2 is 1.17 bits per heavy atom. The van der Waals surface area contributed by atoms with Gasteiger partial charge in [0, 0.05) is 0 Å². The molecule has 0 aromatic carbocycles. The molecule has 2 atom stereocenters. The van der Waals surface area contributed by atoms with Crippen molar-refractivity contribution in [2.45, 2.75) is 12.2 Å². The number of carbonyl (C=O) groups is 2. The molecule has 0 spiro atoms. The minimum atomic E-state index is -2.27. The third-order valence-corrected chi connectivity index (χ3v) is 0.805. The van der Waals surface area contributed by atoms with Crippen LogP contribution >= 0.6 is 0 Å². The topological polar surface area (TPSA) is 115 Å². The molecule has 0 rings (SSSR count). The molecule has 6 nitrogen and oxygen atoms in total. The molecule has 0 bridgehead atoms. The second-order valence-corrected chi connectivity index (χ2v) is 1.57. The van der Waals surface area contributed by atoms with Gasteiger partial charge in [0.05, 0.1) is 0 Å². The van der Waals surface area contributed by atoms with Crippen molar-refractivity contribution in [3.63, 3.8) is 0 Å². The number of carboxylic acids is 2. The molecule has 0 aliphatic carbocycles. The van der Waals surface area contributed by atoms with Crippen molar-refractivity contribution in [1.82, 2.24) is 0 Å². The Morgan fingerprint density at radius 3 is 1.25 bits per heavy atom. The van der Waals surface area contributed by atoms with E-state index in [-0.39, 0.29) is 93.4 Å². The zero-order chi connectivity index (χ0) is 8.31. The summed E-state index contributed by atoms with van der Waals surface area (Å²) in [5.74, 6) is -3.54. The molecule has 0 heterocycles. The molecule has 0 aromatic rings.